The molecular weight excluding hydrogens is 310 g/mol. The lowest BCUT2D eigenvalue weighted by molar-refractivity contribution is -0.693. The largest absolute Gasteiger partial charge is 1.00 e. The molecule has 0 aliphatic carbocycles. The van der Waals surface area contributed by atoms with Gasteiger partial charge in [-0.25, -0.2) is 0 Å². The van der Waals surface area contributed by atoms with Gasteiger partial charge in [-0.1, -0.05) is 54.6 Å². The summed E-state index contributed by atoms with van der Waals surface area (Å²) in [6.45, 7) is 4.62. The third-order valence-corrected chi connectivity index (χ3v) is 3.99. The van der Waals surface area contributed by atoms with Crippen molar-refractivity contribution in [2.45, 2.75) is 32.4 Å². The molecule has 4 heteroatoms. The van der Waals surface area contributed by atoms with Crippen molar-refractivity contribution in [2.24, 2.45) is 0 Å². The highest BCUT2D eigenvalue weighted by Gasteiger charge is 2.19. The van der Waals surface area contributed by atoms with Crippen LogP contribution in [0, 0.1) is 6.92 Å². The summed E-state index contributed by atoms with van der Waals surface area (Å²) in [5.41, 5.74) is 2.73. The molecule has 0 heterocycles. The van der Waals surface area contributed by atoms with Crippen LogP contribution < -0.4 is 17.7 Å². The zero-order chi connectivity index (χ0) is 15.9. The lowest BCUT2D eigenvalue weighted by Crippen LogP contribution is -3.00. The lowest BCUT2D eigenvalue weighted by Gasteiger charge is -2.17. The molecular formula is C19H24ClNO2. The molecule has 3 N–H and O–H groups in total. The molecule has 23 heavy (non-hydrogen) atoms. The van der Waals surface area contributed by atoms with Gasteiger partial charge in [-0.3, -0.25) is 4.79 Å². The first-order chi connectivity index (χ1) is 10.6. The normalized spacial score (nSPS) is 13.0. The summed E-state index contributed by atoms with van der Waals surface area (Å²) in [5.74, 6) is 0.163. The molecule has 124 valence electrons. The van der Waals surface area contributed by atoms with Crippen LogP contribution in [0.15, 0.2) is 54.6 Å². The highest BCUT2D eigenvalue weighted by atomic mass is 35.5. The molecule has 2 rings (SSSR count). The van der Waals surface area contributed by atoms with E-state index < -0.39 is 6.10 Å². The first kappa shape index (κ1) is 19.4. The van der Waals surface area contributed by atoms with Gasteiger partial charge in [-0.05, 0) is 25.0 Å². The lowest BCUT2D eigenvalue weighted by atomic mass is 10.0. The average molecular weight is 334 g/mol. The maximum Gasteiger partial charge on any atom is 0.168 e. The summed E-state index contributed by atoms with van der Waals surface area (Å²) in [6, 6.07) is 17.3. The molecule has 0 aliphatic rings. The number of hydrogen-bond acceptors (Lipinski definition) is 2. The molecule has 3 nitrogen and oxygen atoms in total. The van der Waals surface area contributed by atoms with Crippen molar-refractivity contribution in [3.05, 3.63) is 71.3 Å². The van der Waals surface area contributed by atoms with E-state index in [0.717, 1.165) is 16.7 Å². The van der Waals surface area contributed by atoms with Crippen LogP contribution in [0.5, 0.6) is 0 Å². The quantitative estimate of drug-likeness (QED) is 0.656. The fourth-order valence-electron chi connectivity index (χ4n) is 2.58. The SMILES string of the molecule is Cc1ccccc1C(=O)CC[NH2+]C(C)C(O)c1ccccc1.[Cl-]. The molecule has 0 amide bonds. The van der Waals surface area contributed by atoms with Crippen molar-refractivity contribution in [3.63, 3.8) is 0 Å². The molecule has 0 aliphatic heterocycles. The zero-order valence-corrected chi connectivity index (χ0v) is 14.3. The van der Waals surface area contributed by atoms with Crippen LogP contribution in [-0.2, 0) is 0 Å². The molecule has 0 radical (unpaired) electrons. The van der Waals surface area contributed by atoms with Crippen LogP contribution in [0.25, 0.3) is 0 Å². The first-order valence-electron chi connectivity index (χ1n) is 7.74. The number of benzene rings is 2. The topological polar surface area (TPSA) is 53.9 Å². The maximum absolute atomic E-state index is 12.2. The average Bonchev–Trinajstić information content (AvgIpc) is 2.55. The monoisotopic (exact) mass is 333 g/mol. The minimum absolute atomic E-state index is 0. The van der Waals surface area contributed by atoms with Crippen LogP contribution in [-0.4, -0.2) is 23.5 Å². The van der Waals surface area contributed by atoms with E-state index in [-0.39, 0.29) is 24.2 Å². The summed E-state index contributed by atoms with van der Waals surface area (Å²) >= 11 is 0. The van der Waals surface area contributed by atoms with E-state index in [1.807, 2.05) is 73.8 Å². The van der Waals surface area contributed by atoms with Gasteiger partial charge in [0.15, 0.2) is 5.78 Å². The number of aryl methyl sites for hydroxylation is 1. The number of carbonyl (C=O) groups excluding carboxylic acids is 1. The summed E-state index contributed by atoms with van der Waals surface area (Å²) < 4.78 is 0. The second-order valence-electron chi connectivity index (χ2n) is 5.73. The summed E-state index contributed by atoms with van der Waals surface area (Å²) in [4.78, 5) is 12.2. The van der Waals surface area contributed by atoms with Crippen molar-refractivity contribution in [2.75, 3.05) is 6.54 Å². The number of hydrogen-bond donors (Lipinski definition) is 2. The van der Waals surface area contributed by atoms with Gasteiger partial charge in [-0.2, -0.15) is 0 Å². The highest BCUT2D eigenvalue weighted by molar-refractivity contribution is 5.97. The van der Waals surface area contributed by atoms with E-state index >= 15 is 0 Å². The van der Waals surface area contributed by atoms with Crippen LogP contribution in [0.3, 0.4) is 0 Å². The van der Waals surface area contributed by atoms with Gasteiger partial charge in [0.25, 0.3) is 0 Å². The Labute approximate surface area is 144 Å². The van der Waals surface area contributed by atoms with Crippen LogP contribution in [0.1, 0.15) is 40.9 Å². The Morgan fingerprint density at radius 3 is 2.35 bits per heavy atom. The number of carbonyl (C=O) groups is 1. The van der Waals surface area contributed by atoms with Gasteiger partial charge in [0.05, 0.1) is 13.0 Å². The van der Waals surface area contributed by atoms with Gasteiger partial charge in [-0.15, -0.1) is 0 Å². The van der Waals surface area contributed by atoms with Gasteiger partial charge in [0, 0.05) is 5.56 Å². The standard InChI is InChI=1S/C19H23NO2.ClH/c1-14-8-6-7-11-17(14)18(21)12-13-20-15(2)19(22)16-9-4-3-5-10-16;/h3-11,15,19-20,22H,12-13H2,1-2H3;1H. The van der Waals surface area contributed by atoms with Gasteiger partial charge in [0.2, 0.25) is 0 Å². The predicted octanol–water partition coefficient (Wildman–Crippen LogP) is -0.743. The fraction of sp³-hybridized carbons (Fsp3) is 0.316. The van der Waals surface area contributed by atoms with Crippen molar-refractivity contribution < 1.29 is 27.6 Å². The van der Waals surface area contributed by atoms with E-state index in [9.17, 15) is 9.90 Å². The Bertz CT molecular complexity index is 616. The first-order valence-corrected chi connectivity index (χ1v) is 7.74. The van der Waals surface area contributed by atoms with Crippen molar-refractivity contribution in [1.29, 1.82) is 0 Å². The predicted molar refractivity (Wildman–Crippen MR) is 87.8 cm³/mol. The molecule has 0 aromatic heterocycles. The maximum atomic E-state index is 12.2. The third kappa shape index (κ3) is 5.47. The van der Waals surface area contributed by atoms with Gasteiger partial charge in [0.1, 0.15) is 12.1 Å². The molecule has 2 aromatic rings. The second-order valence-corrected chi connectivity index (χ2v) is 5.73. The Hall–Kier alpha value is -1.68. The number of rotatable bonds is 7. The van der Waals surface area contributed by atoms with Crippen molar-refractivity contribution in [3.8, 4) is 0 Å². The molecule has 0 saturated heterocycles. The zero-order valence-electron chi connectivity index (χ0n) is 13.6. The van der Waals surface area contributed by atoms with E-state index in [0.29, 0.717) is 13.0 Å². The Morgan fingerprint density at radius 2 is 1.70 bits per heavy atom. The Kier molecular flexibility index (Phi) is 7.96. The van der Waals surface area contributed by atoms with Crippen LogP contribution in [0.4, 0.5) is 0 Å². The minimum atomic E-state index is -0.519. The van der Waals surface area contributed by atoms with Crippen molar-refractivity contribution in [1.82, 2.24) is 0 Å². The van der Waals surface area contributed by atoms with Crippen molar-refractivity contribution >= 4 is 5.78 Å². The summed E-state index contributed by atoms with van der Waals surface area (Å²) in [7, 11) is 0. The van der Waals surface area contributed by atoms with Crippen LogP contribution >= 0.6 is 0 Å². The molecule has 0 spiro atoms. The Morgan fingerprint density at radius 1 is 1.09 bits per heavy atom. The number of aliphatic hydroxyl groups excluding tert-OH is 1. The molecule has 2 atom stereocenters. The van der Waals surface area contributed by atoms with E-state index in [2.05, 4.69) is 0 Å². The van der Waals surface area contributed by atoms with E-state index in [1.54, 1.807) is 0 Å². The van der Waals surface area contributed by atoms with Gasteiger partial charge < -0.3 is 22.8 Å². The molecule has 0 fully saturated rings. The molecule has 2 unspecified atom stereocenters. The number of quaternary nitrogens is 1. The number of halogens is 1. The van der Waals surface area contributed by atoms with E-state index in [1.165, 1.54) is 0 Å². The second kappa shape index (κ2) is 9.46. The van der Waals surface area contributed by atoms with Crippen LogP contribution in [0.2, 0.25) is 0 Å². The fourth-order valence-corrected chi connectivity index (χ4v) is 2.58. The molecule has 0 bridgehead atoms. The minimum Gasteiger partial charge on any atom is -1.00 e. The third-order valence-electron chi connectivity index (χ3n) is 3.99. The summed E-state index contributed by atoms with van der Waals surface area (Å²) in [6.07, 6.45) is -0.0359. The number of aliphatic hydroxyl groups is 1. The molecule has 0 saturated carbocycles. The Balaban J connectivity index is 0.00000264. The number of nitrogens with two attached hydrogens (primary N) is 1. The smallest absolute Gasteiger partial charge is 0.168 e. The van der Waals surface area contributed by atoms with E-state index in [4.69, 9.17) is 0 Å². The highest BCUT2D eigenvalue weighted by Crippen LogP contribution is 2.14. The summed E-state index contributed by atoms with van der Waals surface area (Å²) in [5, 5.41) is 12.3. The number of ketones is 1. The molecule has 2 aromatic carbocycles. The van der Waals surface area contributed by atoms with Gasteiger partial charge >= 0.3 is 0 Å². The number of Topliss-reactive ketones (excluding diaryl/α,β-unsaturated/α-hetero) is 1.